The third-order valence-electron chi connectivity index (χ3n) is 2.75. The first-order valence-corrected chi connectivity index (χ1v) is 6.05. The minimum atomic E-state index is -0.418. The maximum Gasteiger partial charge on any atom is 0.319 e. The topological polar surface area (TPSA) is 67.4 Å². The van der Waals surface area contributed by atoms with E-state index in [4.69, 9.17) is 4.74 Å². The largest absolute Gasteiger partial charge is 0.377 e. The van der Waals surface area contributed by atoms with Crippen molar-refractivity contribution in [2.75, 3.05) is 19.0 Å². The molecular weight excluding hydrogens is 244 g/mol. The molecule has 19 heavy (non-hydrogen) atoms. The quantitative estimate of drug-likeness (QED) is 0.803. The minimum absolute atomic E-state index is 0.0374. The summed E-state index contributed by atoms with van der Waals surface area (Å²) in [6.07, 6.45) is 0. The number of ketones is 1. The number of anilines is 1. The molecular formula is C14H20N2O3. The Morgan fingerprint density at radius 2 is 2.00 bits per heavy atom. The average molecular weight is 264 g/mol. The molecule has 2 amide bonds. The summed E-state index contributed by atoms with van der Waals surface area (Å²) < 4.78 is 5.20. The molecule has 0 aliphatic carbocycles. The molecule has 5 nitrogen and oxygen atoms in total. The number of amides is 2. The molecule has 0 aliphatic heterocycles. The summed E-state index contributed by atoms with van der Waals surface area (Å²) in [7, 11) is 1.59. The molecule has 1 aromatic rings. The van der Waals surface area contributed by atoms with E-state index in [0.717, 1.165) is 0 Å². The van der Waals surface area contributed by atoms with Crippen LogP contribution in [0.1, 0.15) is 31.1 Å². The average Bonchev–Trinajstić information content (AvgIpc) is 2.37. The van der Waals surface area contributed by atoms with Crippen molar-refractivity contribution >= 4 is 17.5 Å². The van der Waals surface area contributed by atoms with E-state index in [1.807, 2.05) is 13.8 Å². The lowest BCUT2D eigenvalue weighted by Crippen LogP contribution is -2.41. The number of benzene rings is 1. The van der Waals surface area contributed by atoms with E-state index in [9.17, 15) is 9.59 Å². The highest BCUT2D eigenvalue weighted by molar-refractivity contribution is 5.96. The Labute approximate surface area is 113 Å². The van der Waals surface area contributed by atoms with Crippen LogP contribution in [0.4, 0.5) is 10.5 Å². The van der Waals surface area contributed by atoms with Crippen molar-refractivity contribution in [3.63, 3.8) is 0 Å². The van der Waals surface area contributed by atoms with Gasteiger partial charge in [-0.1, -0.05) is 12.1 Å². The number of hydrogen-bond acceptors (Lipinski definition) is 3. The van der Waals surface area contributed by atoms with Gasteiger partial charge in [0.1, 0.15) is 0 Å². The molecule has 0 aliphatic rings. The van der Waals surface area contributed by atoms with Gasteiger partial charge in [0.2, 0.25) is 0 Å². The van der Waals surface area contributed by atoms with Crippen LogP contribution < -0.4 is 10.6 Å². The lowest BCUT2D eigenvalue weighted by atomic mass is 10.1. The number of carbonyl (C=O) groups excluding carboxylic acids is 2. The fraction of sp³-hybridized carbons (Fsp3) is 0.429. The Bertz CT molecular complexity index is 470. The van der Waals surface area contributed by atoms with Crippen molar-refractivity contribution in [3.8, 4) is 0 Å². The Morgan fingerprint density at radius 3 is 2.58 bits per heavy atom. The predicted molar refractivity (Wildman–Crippen MR) is 74.6 cm³/mol. The first kappa shape index (κ1) is 15.2. The number of rotatable bonds is 5. The maximum absolute atomic E-state index is 11.7. The summed E-state index contributed by atoms with van der Waals surface area (Å²) in [6.45, 7) is 5.63. The summed E-state index contributed by atoms with van der Waals surface area (Å²) >= 11 is 0. The van der Waals surface area contributed by atoms with Gasteiger partial charge in [-0.25, -0.2) is 4.79 Å². The van der Waals surface area contributed by atoms with Crippen molar-refractivity contribution in [1.29, 1.82) is 0 Å². The van der Waals surface area contributed by atoms with E-state index >= 15 is 0 Å². The molecule has 0 saturated carbocycles. The van der Waals surface area contributed by atoms with Crippen LogP contribution in [0, 0.1) is 0 Å². The third kappa shape index (κ3) is 5.09. The van der Waals surface area contributed by atoms with Crippen molar-refractivity contribution < 1.29 is 14.3 Å². The van der Waals surface area contributed by atoms with Crippen LogP contribution in [0.2, 0.25) is 0 Å². The molecule has 104 valence electrons. The van der Waals surface area contributed by atoms with Gasteiger partial charge < -0.3 is 15.4 Å². The van der Waals surface area contributed by atoms with Crippen LogP contribution in [0.15, 0.2) is 24.3 Å². The van der Waals surface area contributed by atoms with E-state index in [2.05, 4.69) is 10.6 Å². The minimum Gasteiger partial charge on any atom is -0.377 e. The van der Waals surface area contributed by atoms with Gasteiger partial charge in [0.05, 0.1) is 5.60 Å². The molecule has 0 atom stereocenters. The lowest BCUT2D eigenvalue weighted by molar-refractivity contribution is 0.0257. The first-order valence-electron chi connectivity index (χ1n) is 6.05. The van der Waals surface area contributed by atoms with Gasteiger partial charge in [0, 0.05) is 24.9 Å². The van der Waals surface area contributed by atoms with Gasteiger partial charge in [-0.05, 0) is 32.9 Å². The molecule has 0 fully saturated rings. The maximum atomic E-state index is 11.7. The zero-order valence-electron chi connectivity index (χ0n) is 11.7. The summed E-state index contributed by atoms with van der Waals surface area (Å²) in [5.41, 5.74) is 0.730. The standard InChI is InChI=1S/C14H20N2O3/c1-10(17)11-6-5-7-12(8-11)16-13(18)15-9-14(2,3)19-4/h5-8H,9H2,1-4H3,(H2,15,16,18). The number of Topliss-reactive ketones (excluding diaryl/α,β-unsaturated/α-hetero) is 1. The molecule has 0 radical (unpaired) electrons. The van der Waals surface area contributed by atoms with Gasteiger partial charge in [-0.2, -0.15) is 0 Å². The fourth-order valence-corrected chi connectivity index (χ4v) is 1.36. The summed E-state index contributed by atoms with van der Waals surface area (Å²) in [5, 5.41) is 5.39. The van der Waals surface area contributed by atoms with Crippen LogP contribution in [0.25, 0.3) is 0 Å². The van der Waals surface area contributed by atoms with Gasteiger partial charge >= 0.3 is 6.03 Å². The molecule has 0 heterocycles. The van der Waals surface area contributed by atoms with E-state index in [1.54, 1.807) is 31.4 Å². The normalized spacial score (nSPS) is 10.9. The van der Waals surface area contributed by atoms with Gasteiger partial charge in [-0.15, -0.1) is 0 Å². The van der Waals surface area contributed by atoms with Crippen LogP contribution in [-0.4, -0.2) is 31.1 Å². The molecule has 0 aromatic heterocycles. The zero-order chi connectivity index (χ0) is 14.5. The number of urea groups is 1. The monoisotopic (exact) mass is 264 g/mol. The van der Waals surface area contributed by atoms with E-state index < -0.39 is 5.60 Å². The second-order valence-corrected chi connectivity index (χ2v) is 4.91. The highest BCUT2D eigenvalue weighted by atomic mass is 16.5. The summed E-state index contributed by atoms with van der Waals surface area (Å²) in [6, 6.07) is 6.48. The number of ether oxygens (including phenoxy) is 1. The highest BCUT2D eigenvalue weighted by Gasteiger charge is 2.17. The predicted octanol–water partition coefficient (Wildman–Crippen LogP) is 2.44. The summed E-state index contributed by atoms with van der Waals surface area (Å²) in [4.78, 5) is 22.9. The van der Waals surface area contributed by atoms with Gasteiger partial charge in [0.25, 0.3) is 0 Å². The van der Waals surface area contributed by atoms with E-state index in [-0.39, 0.29) is 11.8 Å². The van der Waals surface area contributed by atoms with Gasteiger partial charge in [0.15, 0.2) is 5.78 Å². The van der Waals surface area contributed by atoms with Crippen molar-refractivity contribution in [1.82, 2.24) is 5.32 Å². The number of nitrogens with one attached hydrogen (secondary N) is 2. The van der Waals surface area contributed by atoms with Crippen molar-refractivity contribution in [2.24, 2.45) is 0 Å². The smallest absolute Gasteiger partial charge is 0.319 e. The molecule has 1 rings (SSSR count). The molecule has 0 unspecified atom stereocenters. The number of methoxy groups -OCH3 is 1. The number of hydrogen-bond donors (Lipinski definition) is 2. The molecule has 2 N–H and O–H groups in total. The summed E-state index contributed by atoms with van der Waals surface area (Å²) in [5.74, 6) is -0.0374. The molecule has 0 spiro atoms. The van der Waals surface area contributed by atoms with Gasteiger partial charge in [-0.3, -0.25) is 4.79 Å². The zero-order valence-corrected chi connectivity index (χ0v) is 11.7. The molecule has 0 bridgehead atoms. The van der Waals surface area contributed by atoms with Crippen molar-refractivity contribution in [3.05, 3.63) is 29.8 Å². The molecule has 1 aromatic carbocycles. The van der Waals surface area contributed by atoms with Crippen LogP contribution in [0.5, 0.6) is 0 Å². The highest BCUT2D eigenvalue weighted by Crippen LogP contribution is 2.11. The molecule has 0 saturated heterocycles. The van der Waals surface area contributed by atoms with Crippen LogP contribution >= 0.6 is 0 Å². The Morgan fingerprint density at radius 1 is 1.32 bits per heavy atom. The number of carbonyl (C=O) groups is 2. The second-order valence-electron chi connectivity index (χ2n) is 4.91. The first-order chi connectivity index (χ1) is 8.84. The SMILES string of the molecule is COC(C)(C)CNC(=O)Nc1cccc(C(C)=O)c1. The van der Waals surface area contributed by atoms with Crippen LogP contribution in [0.3, 0.4) is 0 Å². The third-order valence-corrected chi connectivity index (χ3v) is 2.75. The van der Waals surface area contributed by atoms with E-state index in [1.165, 1.54) is 6.92 Å². The van der Waals surface area contributed by atoms with E-state index in [0.29, 0.717) is 17.8 Å². The fourth-order valence-electron chi connectivity index (χ4n) is 1.36. The molecule has 5 heteroatoms. The second kappa shape index (κ2) is 6.33. The van der Waals surface area contributed by atoms with Crippen LogP contribution in [-0.2, 0) is 4.74 Å². The van der Waals surface area contributed by atoms with Crippen molar-refractivity contribution in [2.45, 2.75) is 26.4 Å². The Hall–Kier alpha value is -1.88. The Kier molecular flexibility index (Phi) is 5.06. The lowest BCUT2D eigenvalue weighted by Gasteiger charge is -2.23. The Balaban J connectivity index is 2.58.